The van der Waals surface area contributed by atoms with E-state index in [4.69, 9.17) is 4.52 Å². The maximum atomic E-state index is 5.28. The highest BCUT2D eigenvalue weighted by Crippen LogP contribution is 2.33. The Kier molecular flexibility index (Phi) is 3.65. The van der Waals surface area contributed by atoms with Crippen molar-refractivity contribution in [1.29, 1.82) is 0 Å². The molecule has 3 aromatic heterocycles. The lowest BCUT2D eigenvalue weighted by Crippen LogP contribution is -2.32. The molecule has 1 aliphatic heterocycles. The molecule has 5 heteroatoms. The number of hydrogen-bond acceptors (Lipinski definition) is 4. The van der Waals surface area contributed by atoms with Gasteiger partial charge in [0.05, 0.1) is 5.69 Å². The maximum absolute atomic E-state index is 5.28. The van der Waals surface area contributed by atoms with E-state index in [0.717, 1.165) is 36.7 Å². The van der Waals surface area contributed by atoms with Crippen molar-refractivity contribution in [3.63, 3.8) is 0 Å². The predicted octanol–water partition coefficient (Wildman–Crippen LogP) is 3.55. The smallest absolute Gasteiger partial charge is 0.138 e. The minimum atomic E-state index is 0.619. The lowest BCUT2D eigenvalue weighted by atomic mass is 9.89. The number of nitrogens with one attached hydrogen (secondary N) is 1. The number of rotatable bonds is 3. The number of H-pyrrole nitrogens is 1. The van der Waals surface area contributed by atoms with Crippen LogP contribution in [0.3, 0.4) is 0 Å². The molecule has 4 rings (SSSR count). The van der Waals surface area contributed by atoms with Gasteiger partial charge in [-0.2, -0.15) is 0 Å². The van der Waals surface area contributed by atoms with Gasteiger partial charge in [0.2, 0.25) is 0 Å². The largest absolute Gasteiger partial charge is 0.361 e. The van der Waals surface area contributed by atoms with E-state index in [1.807, 2.05) is 26.1 Å². The molecule has 120 valence electrons. The van der Waals surface area contributed by atoms with Gasteiger partial charge in [-0.1, -0.05) is 5.16 Å². The molecule has 4 heterocycles. The zero-order valence-electron chi connectivity index (χ0n) is 13.7. The van der Waals surface area contributed by atoms with E-state index < -0.39 is 0 Å². The molecule has 0 aromatic carbocycles. The van der Waals surface area contributed by atoms with Crippen molar-refractivity contribution in [3.8, 4) is 0 Å². The summed E-state index contributed by atoms with van der Waals surface area (Å²) < 4.78 is 5.28. The highest BCUT2D eigenvalue weighted by Gasteiger charge is 2.24. The fourth-order valence-electron chi connectivity index (χ4n) is 3.67. The molecule has 1 saturated heterocycles. The molecule has 0 aliphatic carbocycles. The predicted molar refractivity (Wildman–Crippen MR) is 89.3 cm³/mol. The first kappa shape index (κ1) is 14.5. The van der Waals surface area contributed by atoms with Crippen LogP contribution in [-0.2, 0) is 6.54 Å². The minimum absolute atomic E-state index is 0.619. The van der Waals surface area contributed by atoms with E-state index in [1.165, 1.54) is 29.4 Å². The van der Waals surface area contributed by atoms with Gasteiger partial charge in [0.25, 0.3) is 0 Å². The van der Waals surface area contributed by atoms with Gasteiger partial charge in [-0.05, 0) is 63.4 Å². The van der Waals surface area contributed by atoms with Crippen LogP contribution in [0.15, 0.2) is 29.0 Å². The Labute approximate surface area is 135 Å². The fraction of sp³-hybridized carbons (Fsp3) is 0.444. The Morgan fingerprint density at radius 1 is 1.30 bits per heavy atom. The molecule has 0 unspecified atom stereocenters. The number of pyridine rings is 1. The van der Waals surface area contributed by atoms with Crippen LogP contribution < -0.4 is 0 Å². The average Bonchev–Trinajstić information content (AvgIpc) is 3.14. The van der Waals surface area contributed by atoms with Crippen LogP contribution in [0, 0.1) is 13.8 Å². The first-order valence-corrected chi connectivity index (χ1v) is 8.28. The van der Waals surface area contributed by atoms with Gasteiger partial charge >= 0.3 is 0 Å². The molecule has 1 fully saturated rings. The Hall–Kier alpha value is -2.14. The third-order valence-electron chi connectivity index (χ3n) is 5.07. The van der Waals surface area contributed by atoms with Crippen LogP contribution >= 0.6 is 0 Å². The second-order valence-corrected chi connectivity index (χ2v) is 6.50. The lowest BCUT2D eigenvalue weighted by molar-refractivity contribution is 0.204. The SMILES string of the molecule is Cc1noc(C)c1CN1CCC(c2c[nH]c3ncccc23)CC1. The molecule has 0 spiro atoms. The van der Waals surface area contributed by atoms with Crippen molar-refractivity contribution < 1.29 is 4.52 Å². The van der Waals surface area contributed by atoms with Crippen molar-refractivity contribution >= 4 is 11.0 Å². The normalized spacial score (nSPS) is 17.1. The first-order valence-electron chi connectivity index (χ1n) is 8.28. The van der Waals surface area contributed by atoms with Crippen LogP contribution in [0.4, 0.5) is 0 Å². The summed E-state index contributed by atoms with van der Waals surface area (Å²) in [6, 6.07) is 4.19. The van der Waals surface area contributed by atoms with Gasteiger partial charge in [-0.3, -0.25) is 4.90 Å². The number of fused-ring (bicyclic) bond motifs is 1. The van der Waals surface area contributed by atoms with Crippen molar-refractivity contribution in [2.75, 3.05) is 13.1 Å². The summed E-state index contributed by atoms with van der Waals surface area (Å²) in [5.74, 6) is 1.57. The summed E-state index contributed by atoms with van der Waals surface area (Å²) in [7, 11) is 0. The molecule has 0 radical (unpaired) electrons. The van der Waals surface area contributed by atoms with E-state index in [2.05, 4.69) is 32.3 Å². The number of hydrogen-bond donors (Lipinski definition) is 1. The molecular formula is C18H22N4O. The van der Waals surface area contributed by atoms with Crippen molar-refractivity contribution in [2.45, 2.75) is 39.2 Å². The Morgan fingerprint density at radius 2 is 2.13 bits per heavy atom. The molecule has 0 atom stereocenters. The van der Waals surface area contributed by atoms with Gasteiger partial charge < -0.3 is 9.51 Å². The van der Waals surface area contributed by atoms with Crippen LogP contribution in [0.5, 0.6) is 0 Å². The summed E-state index contributed by atoms with van der Waals surface area (Å²) in [5, 5.41) is 5.33. The van der Waals surface area contributed by atoms with E-state index in [1.54, 1.807) is 0 Å². The quantitative estimate of drug-likeness (QED) is 0.804. The highest BCUT2D eigenvalue weighted by atomic mass is 16.5. The van der Waals surface area contributed by atoms with Crippen LogP contribution in [0.25, 0.3) is 11.0 Å². The van der Waals surface area contributed by atoms with Crippen LogP contribution in [-0.4, -0.2) is 33.1 Å². The zero-order chi connectivity index (χ0) is 15.8. The van der Waals surface area contributed by atoms with E-state index in [-0.39, 0.29) is 0 Å². The lowest BCUT2D eigenvalue weighted by Gasteiger charge is -2.31. The van der Waals surface area contributed by atoms with E-state index in [0.29, 0.717) is 5.92 Å². The summed E-state index contributed by atoms with van der Waals surface area (Å²) in [4.78, 5) is 10.2. The highest BCUT2D eigenvalue weighted by molar-refractivity contribution is 5.80. The molecule has 23 heavy (non-hydrogen) atoms. The maximum Gasteiger partial charge on any atom is 0.138 e. The molecule has 0 saturated carbocycles. The molecule has 1 N–H and O–H groups in total. The number of likely N-dealkylation sites (tertiary alicyclic amines) is 1. The Balaban J connectivity index is 1.45. The third kappa shape index (κ3) is 2.65. The van der Waals surface area contributed by atoms with Gasteiger partial charge in [0.15, 0.2) is 0 Å². The Bertz CT molecular complexity index is 792. The van der Waals surface area contributed by atoms with E-state index in [9.17, 15) is 0 Å². The molecular weight excluding hydrogens is 288 g/mol. The second kappa shape index (κ2) is 5.81. The summed E-state index contributed by atoms with van der Waals surface area (Å²) in [6.45, 7) is 7.20. The monoisotopic (exact) mass is 310 g/mol. The molecule has 1 aliphatic rings. The van der Waals surface area contributed by atoms with Gasteiger partial charge in [0, 0.05) is 29.9 Å². The number of aromatic amines is 1. The van der Waals surface area contributed by atoms with Crippen molar-refractivity contribution in [1.82, 2.24) is 20.0 Å². The third-order valence-corrected chi connectivity index (χ3v) is 5.07. The number of piperidine rings is 1. The fourth-order valence-corrected chi connectivity index (χ4v) is 3.67. The second-order valence-electron chi connectivity index (χ2n) is 6.50. The summed E-state index contributed by atoms with van der Waals surface area (Å²) >= 11 is 0. The van der Waals surface area contributed by atoms with Gasteiger partial charge in [-0.15, -0.1) is 0 Å². The molecule has 5 nitrogen and oxygen atoms in total. The van der Waals surface area contributed by atoms with Crippen molar-refractivity contribution in [3.05, 3.63) is 47.1 Å². The zero-order valence-corrected chi connectivity index (χ0v) is 13.7. The van der Waals surface area contributed by atoms with Gasteiger partial charge in [0.1, 0.15) is 11.4 Å². The minimum Gasteiger partial charge on any atom is -0.361 e. The van der Waals surface area contributed by atoms with Crippen LogP contribution in [0.1, 0.15) is 41.3 Å². The number of aryl methyl sites for hydroxylation is 2. The first-order chi connectivity index (χ1) is 11.2. The van der Waals surface area contributed by atoms with Gasteiger partial charge in [-0.25, -0.2) is 4.98 Å². The Morgan fingerprint density at radius 3 is 2.87 bits per heavy atom. The molecule has 0 bridgehead atoms. The molecule has 0 amide bonds. The topological polar surface area (TPSA) is 58.0 Å². The van der Waals surface area contributed by atoms with Crippen LogP contribution in [0.2, 0.25) is 0 Å². The number of aromatic nitrogens is 3. The molecule has 3 aromatic rings. The summed E-state index contributed by atoms with van der Waals surface area (Å²) in [6.07, 6.45) is 6.36. The summed E-state index contributed by atoms with van der Waals surface area (Å²) in [5.41, 5.74) is 4.69. The number of nitrogens with zero attached hydrogens (tertiary/aromatic N) is 3. The van der Waals surface area contributed by atoms with E-state index >= 15 is 0 Å². The standard InChI is InChI=1S/C18H22N4O/c1-12-17(13(2)23-21-12)11-22-8-5-14(6-9-22)16-10-20-18-15(16)4-3-7-19-18/h3-4,7,10,14H,5-6,8-9,11H2,1-2H3,(H,19,20). The average molecular weight is 310 g/mol. The van der Waals surface area contributed by atoms with Crippen molar-refractivity contribution in [2.24, 2.45) is 0 Å².